The molecule has 1 aliphatic rings. The van der Waals surface area contributed by atoms with Gasteiger partial charge in [0.2, 0.25) is 5.91 Å². The number of aliphatic hydroxyl groups excluding tert-OH is 1. The van der Waals surface area contributed by atoms with E-state index in [4.69, 9.17) is 0 Å². The lowest BCUT2D eigenvalue weighted by Gasteiger charge is -2.16. The molecule has 3 atom stereocenters. The third kappa shape index (κ3) is 3.95. The fourth-order valence-corrected chi connectivity index (χ4v) is 3.46. The van der Waals surface area contributed by atoms with E-state index in [9.17, 15) is 32.3 Å². The lowest BCUT2D eigenvalue weighted by atomic mass is 10.0. The summed E-state index contributed by atoms with van der Waals surface area (Å²) in [5, 5.41) is 12.5. The topological polar surface area (TPSA) is 97.1 Å². The van der Waals surface area contributed by atoms with E-state index < -0.39 is 41.5 Å². The van der Waals surface area contributed by atoms with Gasteiger partial charge >= 0.3 is 6.18 Å². The summed E-state index contributed by atoms with van der Waals surface area (Å²) in [6, 6.07) is 4.10. The molecular formula is C21H18F4N4O3. The molecule has 0 saturated heterocycles. The second kappa shape index (κ2) is 7.66. The highest BCUT2D eigenvalue weighted by atomic mass is 19.4. The number of carbonyl (C=O) groups is 1. The highest BCUT2D eigenvalue weighted by molar-refractivity contribution is 5.95. The number of nitrogens with zero attached hydrogens (tertiary/aromatic N) is 3. The van der Waals surface area contributed by atoms with Crippen molar-refractivity contribution in [2.24, 2.45) is 13.0 Å². The first-order valence-corrected chi connectivity index (χ1v) is 9.63. The van der Waals surface area contributed by atoms with Crippen molar-refractivity contribution in [1.29, 1.82) is 0 Å². The SMILES string of the molecule is Cc1cc([C@H](O)C(F)(F)F)ncc1-c1cc2cnc(NC(=O)[C@@H]3C[C@@H]3F)cc2n(C)c1=O. The Morgan fingerprint density at radius 2 is 1.91 bits per heavy atom. The molecule has 0 radical (unpaired) electrons. The molecule has 1 amide bonds. The molecule has 7 nitrogen and oxygen atoms in total. The minimum atomic E-state index is -4.86. The lowest BCUT2D eigenvalue weighted by molar-refractivity contribution is -0.207. The standard InChI is InChI=1S/C21H18F4N4O3/c1-9-3-15(18(30)21(23,24)25)26-8-13(9)11-4-10-7-27-17(6-16(10)29(2)20(11)32)28-19(31)12-5-14(12)22/h3-4,6-8,12,14,18,30H,5H2,1-2H3,(H,27,28,31)/t12-,14+,18+/m1/s1. The van der Waals surface area contributed by atoms with E-state index in [2.05, 4.69) is 15.3 Å². The monoisotopic (exact) mass is 450 g/mol. The summed E-state index contributed by atoms with van der Waals surface area (Å²) >= 11 is 0. The van der Waals surface area contributed by atoms with Gasteiger partial charge in [-0.05, 0) is 31.0 Å². The van der Waals surface area contributed by atoms with Crippen LogP contribution in [-0.4, -0.2) is 37.9 Å². The van der Waals surface area contributed by atoms with Gasteiger partial charge in [0, 0.05) is 42.0 Å². The molecule has 11 heteroatoms. The van der Waals surface area contributed by atoms with E-state index in [1.54, 1.807) is 0 Å². The molecule has 3 aromatic heterocycles. The maximum Gasteiger partial charge on any atom is 0.420 e. The van der Waals surface area contributed by atoms with E-state index >= 15 is 0 Å². The van der Waals surface area contributed by atoms with Crippen LogP contribution in [0.1, 0.15) is 23.8 Å². The fourth-order valence-electron chi connectivity index (χ4n) is 3.46. The van der Waals surface area contributed by atoms with Gasteiger partial charge < -0.3 is 15.0 Å². The molecule has 0 spiro atoms. The van der Waals surface area contributed by atoms with Crippen LogP contribution in [0, 0.1) is 12.8 Å². The average Bonchev–Trinajstić information content (AvgIpc) is 3.47. The number of nitrogens with one attached hydrogen (secondary N) is 1. The van der Waals surface area contributed by atoms with Gasteiger partial charge in [0.1, 0.15) is 12.0 Å². The molecule has 168 valence electrons. The van der Waals surface area contributed by atoms with Gasteiger partial charge in [-0.3, -0.25) is 14.6 Å². The van der Waals surface area contributed by atoms with E-state index in [1.807, 2.05) is 0 Å². The van der Waals surface area contributed by atoms with Crippen LogP contribution in [-0.2, 0) is 11.8 Å². The van der Waals surface area contributed by atoms with Gasteiger partial charge in [-0.15, -0.1) is 0 Å². The van der Waals surface area contributed by atoms with E-state index in [0.29, 0.717) is 22.0 Å². The van der Waals surface area contributed by atoms with Crippen molar-refractivity contribution in [3.05, 3.63) is 52.2 Å². The van der Waals surface area contributed by atoms with Crippen LogP contribution < -0.4 is 10.9 Å². The number of aliphatic hydroxyl groups is 1. The van der Waals surface area contributed by atoms with Gasteiger partial charge in [0.05, 0.1) is 17.1 Å². The minimum absolute atomic E-state index is 0.174. The Morgan fingerprint density at radius 3 is 2.50 bits per heavy atom. The predicted molar refractivity (Wildman–Crippen MR) is 108 cm³/mol. The van der Waals surface area contributed by atoms with E-state index in [-0.39, 0.29) is 17.8 Å². The number of aromatic nitrogens is 3. The van der Waals surface area contributed by atoms with Crippen molar-refractivity contribution >= 4 is 22.6 Å². The van der Waals surface area contributed by atoms with Crippen LogP contribution in [0.2, 0.25) is 0 Å². The third-order valence-corrected chi connectivity index (χ3v) is 5.42. The summed E-state index contributed by atoms with van der Waals surface area (Å²) in [5.74, 6) is -0.991. The van der Waals surface area contributed by atoms with Crippen LogP contribution in [0.4, 0.5) is 23.4 Å². The van der Waals surface area contributed by atoms with Gasteiger partial charge in [0.25, 0.3) is 5.56 Å². The molecule has 2 N–H and O–H groups in total. The van der Waals surface area contributed by atoms with Crippen molar-refractivity contribution in [1.82, 2.24) is 14.5 Å². The number of amides is 1. The Kier molecular flexibility index (Phi) is 5.24. The molecule has 0 aromatic carbocycles. The zero-order valence-electron chi connectivity index (χ0n) is 16.9. The smallest absolute Gasteiger partial charge is 0.378 e. The van der Waals surface area contributed by atoms with Crippen LogP contribution >= 0.6 is 0 Å². The number of fused-ring (bicyclic) bond motifs is 1. The van der Waals surface area contributed by atoms with Crippen molar-refractivity contribution in [3.63, 3.8) is 0 Å². The molecular weight excluding hydrogens is 432 g/mol. The maximum absolute atomic E-state index is 13.1. The van der Waals surface area contributed by atoms with E-state index in [1.165, 1.54) is 36.9 Å². The second-order valence-electron chi connectivity index (χ2n) is 7.77. The number of hydrogen-bond acceptors (Lipinski definition) is 5. The summed E-state index contributed by atoms with van der Waals surface area (Å²) in [6.07, 6.45) is -6.01. The highest BCUT2D eigenvalue weighted by Crippen LogP contribution is 2.35. The average molecular weight is 450 g/mol. The van der Waals surface area contributed by atoms with Crippen molar-refractivity contribution in [2.45, 2.75) is 31.8 Å². The zero-order valence-corrected chi connectivity index (χ0v) is 16.9. The molecule has 4 rings (SSSR count). The number of aryl methyl sites for hydroxylation is 2. The molecule has 0 bridgehead atoms. The number of anilines is 1. The Hall–Kier alpha value is -3.34. The number of hydrogen-bond donors (Lipinski definition) is 2. The van der Waals surface area contributed by atoms with Crippen LogP contribution in [0.5, 0.6) is 0 Å². The summed E-state index contributed by atoms with van der Waals surface area (Å²) in [4.78, 5) is 32.7. The quantitative estimate of drug-likeness (QED) is 0.595. The number of halogens is 4. The number of pyridine rings is 3. The Bertz CT molecular complexity index is 1290. The van der Waals surface area contributed by atoms with Crippen LogP contribution in [0.25, 0.3) is 22.0 Å². The Morgan fingerprint density at radius 1 is 1.22 bits per heavy atom. The summed E-state index contributed by atoms with van der Waals surface area (Å²) in [5.41, 5.74) is 0.273. The van der Waals surface area contributed by atoms with Crippen LogP contribution in [0.15, 0.2) is 35.4 Å². The maximum atomic E-state index is 13.1. The number of rotatable bonds is 4. The molecule has 0 unspecified atom stereocenters. The molecule has 3 aromatic rings. The molecule has 3 heterocycles. The molecule has 1 aliphatic carbocycles. The van der Waals surface area contributed by atoms with Gasteiger partial charge in [0.15, 0.2) is 6.10 Å². The highest BCUT2D eigenvalue weighted by Gasteiger charge is 2.43. The second-order valence-corrected chi connectivity index (χ2v) is 7.77. The fraction of sp³-hybridized carbons (Fsp3) is 0.333. The first kappa shape index (κ1) is 21.9. The molecule has 32 heavy (non-hydrogen) atoms. The summed E-state index contributed by atoms with van der Waals surface area (Å²) in [6.45, 7) is 1.51. The Labute approximate surface area is 178 Å². The minimum Gasteiger partial charge on any atom is -0.378 e. The van der Waals surface area contributed by atoms with Crippen molar-refractivity contribution in [2.75, 3.05) is 5.32 Å². The lowest BCUT2D eigenvalue weighted by Crippen LogP contribution is -2.22. The number of alkyl halides is 4. The molecule has 1 fully saturated rings. The third-order valence-electron chi connectivity index (χ3n) is 5.42. The molecule has 0 aliphatic heterocycles. The normalized spacial score (nSPS) is 19.1. The largest absolute Gasteiger partial charge is 0.420 e. The van der Waals surface area contributed by atoms with Crippen LogP contribution in [0.3, 0.4) is 0 Å². The van der Waals surface area contributed by atoms with Gasteiger partial charge in [-0.25, -0.2) is 9.37 Å². The van der Waals surface area contributed by atoms with Crippen molar-refractivity contribution < 1.29 is 27.5 Å². The zero-order chi connectivity index (χ0) is 23.4. The first-order valence-electron chi connectivity index (χ1n) is 9.63. The summed E-state index contributed by atoms with van der Waals surface area (Å²) < 4.78 is 52.7. The summed E-state index contributed by atoms with van der Waals surface area (Å²) in [7, 11) is 1.50. The van der Waals surface area contributed by atoms with E-state index in [0.717, 1.165) is 12.3 Å². The molecule has 1 saturated carbocycles. The Balaban J connectivity index is 1.71. The number of carbonyl (C=O) groups excluding carboxylic acids is 1. The first-order chi connectivity index (χ1) is 15.0. The van der Waals surface area contributed by atoms with Crippen molar-refractivity contribution in [3.8, 4) is 11.1 Å². The van der Waals surface area contributed by atoms with Gasteiger partial charge in [-0.2, -0.15) is 13.2 Å². The van der Waals surface area contributed by atoms with Gasteiger partial charge in [-0.1, -0.05) is 0 Å². The predicted octanol–water partition coefficient (Wildman–Crippen LogP) is 3.20.